The lowest BCUT2D eigenvalue weighted by Crippen LogP contribution is -2.34. The van der Waals surface area contributed by atoms with Gasteiger partial charge < -0.3 is 5.73 Å². The van der Waals surface area contributed by atoms with E-state index < -0.39 is 0 Å². The van der Waals surface area contributed by atoms with Gasteiger partial charge in [0.1, 0.15) is 0 Å². The second kappa shape index (κ2) is 2.36. The molecule has 0 aromatic carbocycles. The van der Waals surface area contributed by atoms with E-state index in [9.17, 15) is 0 Å². The van der Waals surface area contributed by atoms with Gasteiger partial charge in [-0.1, -0.05) is 6.07 Å². The Labute approximate surface area is 64.9 Å². The molecule has 0 bridgehead atoms. The number of thiophene rings is 1. The van der Waals surface area contributed by atoms with E-state index in [-0.39, 0.29) is 0 Å². The predicted octanol–water partition coefficient (Wildman–Crippen LogP) is 1.95. The van der Waals surface area contributed by atoms with Crippen molar-refractivity contribution in [2.75, 3.05) is 0 Å². The number of rotatable bonds is 1. The third-order valence-corrected chi connectivity index (χ3v) is 3.15. The van der Waals surface area contributed by atoms with Gasteiger partial charge >= 0.3 is 0 Å². The van der Waals surface area contributed by atoms with Crippen LogP contribution in [0.4, 0.5) is 0 Å². The molecule has 1 aromatic heterocycles. The van der Waals surface area contributed by atoms with Gasteiger partial charge in [-0.2, -0.15) is 0 Å². The topological polar surface area (TPSA) is 26.0 Å². The van der Waals surface area contributed by atoms with Crippen molar-refractivity contribution in [1.29, 1.82) is 0 Å². The molecular formula is C8H11NS. The van der Waals surface area contributed by atoms with E-state index in [1.54, 1.807) is 0 Å². The van der Waals surface area contributed by atoms with Gasteiger partial charge in [0.2, 0.25) is 0 Å². The molecule has 2 heteroatoms. The third-order valence-electron chi connectivity index (χ3n) is 2.12. The monoisotopic (exact) mass is 153 g/mol. The van der Waals surface area contributed by atoms with E-state index in [2.05, 4.69) is 17.5 Å². The van der Waals surface area contributed by atoms with E-state index >= 15 is 0 Å². The van der Waals surface area contributed by atoms with Gasteiger partial charge in [-0.05, 0) is 30.2 Å². The minimum atomic E-state index is 0.479. The first kappa shape index (κ1) is 6.38. The lowest BCUT2D eigenvalue weighted by molar-refractivity contribution is 0.356. The summed E-state index contributed by atoms with van der Waals surface area (Å²) in [6.45, 7) is 0. The van der Waals surface area contributed by atoms with Crippen molar-refractivity contribution in [3.05, 3.63) is 22.4 Å². The normalized spacial score (nSPS) is 31.7. The van der Waals surface area contributed by atoms with Crippen molar-refractivity contribution in [2.24, 2.45) is 5.73 Å². The molecule has 1 aliphatic rings. The minimum Gasteiger partial charge on any atom is -0.328 e. The summed E-state index contributed by atoms with van der Waals surface area (Å²) in [5, 5.41) is 2.14. The van der Waals surface area contributed by atoms with E-state index in [1.807, 2.05) is 11.3 Å². The Balaban J connectivity index is 2.04. The van der Waals surface area contributed by atoms with Gasteiger partial charge in [-0.3, -0.25) is 0 Å². The van der Waals surface area contributed by atoms with Crippen LogP contribution in [0.25, 0.3) is 0 Å². The second-order valence-corrected chi connectivity index (χ2v) is 3.92. The Bertz CT molecular complexity index is 199. The highest BCUT2D eigenvalue weighted by atomic mass is 32.1. The highest BCUT2D eigenvalue weighted by Crippen LogP contribution is 2.37. The summed E-state index contributed by atoms with van der Waals surface area (Å²) in [6.07, 6.45) is 2.39. The number of nitrogens with two attached hydrogens (primary N) is 1. The summed E-state index contributed by atoms with van der Waals surface area (Å²) in [5.41, 5.74) is 5.68. The van der Waals surface area contributed by atoms with Crippen LogP contribution in [0.3, 0.4) is 0 Å². The van der Waals surface area contributed by atoms with Crippen molar-refractivity contribution in [3.63, 3.8) is 0 Å². The SMILES string of the molecule is NC1CC(c2cccs2)C1. The zero-order valence-corrected chi connectivity index (χ0v) is 6.60. The number of hydrogen-bond acceptors (Lipinski definition) is 2. The van der Waals surface area contributed by atoms with Crippen molar-refractivity contribution in [1.82, 2.24) is 0 Å². The molecule has 1 saturated carbocycles. The maximum atomic E-state index is 5.68. The summed E-state index contributed by atoms with van der Waals surface area (Å²) in [4.78, 5) is 1.52. The first-order valence-corrected chi connectivity index (χ1v) is 4.53. The van der Waals surface area contributed by atoms with E-state index in [0.717, 1.165) is 5.92 Å². The fraction of sp³-hybridized carbons (Fsp3) is 0.500. The second-order valence-electron chi connectivity index (χ2n) is 2.94. The average Bonchev–Trinajstić information content (AvgIpc) is 2.31. The Morgan fingerprint density at radius 3 is 2.80 bits per heavy atom. The number of hydrogen-bond donors (Lipinski definition) is 1. The lowest BCUT2D eigenvalue weighted by Gasteiger charge is -2.31. The summed E-state index contributed by atoms with van der Waals surface area (Å²) < 4.78 is 0. The Morgan fingerprint density at radius 1 is 1.50 bits per heavy atom. The van der Waals surface area contributed by atoms with Crippen LogP contribution >= 0.6 is 11.3 Å². The molecule has 2 rings (SSSR count). The molecule has 10 heavy (non-hydrogen) atoms. The van der Waals surface area contributed by atoms with Crippen LogP contribution in [0, 0.1) is 0 Å². The van der Waals surface area contributed by atoms with Gasteiger partial charge in [0.25, 0.3) is 0 Å². The minimum absolute atomic E-state index is 0.479. The molecule has 1 aliphatic carbocycles. The van der Waals surface area contributed by atoms with Gasteiger partial charge in [0.05, 0.1) is 0 Å². The summed E-state index contributed by atoms with van der Waals surface area (Å²) >= 11 is 1.85. The molecule has 0 saturated heterocycles. The van der Waals surface area contributed by atoms with Crippen LogP contribution in [0.5, 0.6) is 0 Å². The first-order valence-electron chi connectivity index (χ1n) is 3.65. The van der Waals surface area contributed by atoms with Crippen LogP contribution in [-0.4, -0.2) is 6.04 Å². The van der Waals surface area contributed by atoms with Gasteiger partial charge in [-0.15, -0.1) is 11.3 Å². The van der Waals surface area contributed by atoms with E-state index in [0.29, 0.717) is 6.04 Å². The molecule has 0 spiro atoms. The smallest absolute Gasteiger partial charge is 0.00773 e. The Kier molecular flexibility index (Phi) is 1.51. The molecule has 2 N–H and O–H groups in total. The van der Waals surface area contributed by atoms with Crippen LogP contribution in [0.15, 0.2) is 17.5 Å². The van der Waals surface area contributed by atoms with Crippen molar-refractivity contribution in [2.45, 2.75) is 24.8 Å². The maximum absolute atomic E-state index is 5.68. The quantitative estimate of drug-likeness (QED) is 0.655. The standard InChI is InChI=1S/C8H11NS/c9-7-4-6(5-7)8-2-1-3-10-8/h1-3,6-7H,4-5,9H2. The molecule has 1 fully saturated rings. The van der Waals surface area contributed by atoms with Crippen molar-refractivity contribution in [3.8, 4) is 0 Å². The molecule has 1 heterocycles. The van der Waals surface area contributed by atoms with Gasteiger partial charge in [0, 0.05) is 10.9 Å². The van der Waals surface area contributed by atoms with E-state index in [1.165, 1.54) is 17.7 Å². The Morgan fingerprint density at radius 2 is 2.30 bits per heavy atom. The summed E-state index contributed by atoms with van der Waals surface area (Å²) in [5.74, 6) is 0.787. The first-order chi connectivity index (χ1) is 4.86. The zero-order chi connectivity index (χ0) is 6.97. The van der Waals surface area contributed by atoms with Crippen LogP contribution in [0.2, 0.25) is 0 Å². The summed E-state index contributed by atoms with van der Waals surface area (Å²) in [7, 11) is 0. The molecular weight excluding hydrogens is 142 g/mol. The fourth-order valence-electron chi connectivity index (χ4n) is 1.42. The Hall–Kier alpha value is -0.340. The molecule has 0 radical (unpaired) electrons. The fourth-order valence-corrected chi connectivity index (χ4v) is 2.27. The lowest BCUT2D eigenvalue weighted by atomic mass is 9.80. The molecule has 0 amide bonds. The molecule has 0 unspecified atom stereocenters. The molecule has 0 aliphatic heterocycles. The van der Waals surface area contributed by atoms with Crippen molar-refractivity contribution < 1.29 is 0 Å². The highest BCUT2D eigenvalue weighted by molar-refractivity contribution is 7.10. The van der Waals surface area contributed by atoms with Gasteiger partial charge in [-0.25, -0.2) is 0 Å². The van der Waals surface area contributed by atoms with Crippen LogP contribution in [0.1, 0.15) is 23.6 Å². The highest BCUT2D eigenvalue weighted by Gasteiger charge is 2.27. The van der Waals surface area contributed by atoms with Gasteiger partial charge in [0.15, 0.2) is 0 Å². The van der Waals surface area contributed by atoms with E-state index in [4.69, 9.17) is 5.73 Å². The molecule has 1 nitrogen and oxygen atoms in total. The van der Waals surface area contributed by atoms with Crippen LogP contribution < -0.4 is 5.73 Å². The third kappa shape index (κ3) is 0.976. The molecule has 1 aromatic rings. The molecule has 0 atom stereocenters. The van der Waals surface area contributed by atoms with Crippen LogP contribution in [-0.2, 0) is 0 Å². The summed E-state index contributed by atoms with van der Waals surface area (Å²) in [6, 6.07) is 4.80. The average molecular weight is 153 g/mol. The largest absolute Gasteiger partial charge is 0.328 e. The van der Waals surface area contributed by atoms with Crippen molar-refractivity contribution >= 4 is 11.3 Å². The predicted molar refractivity (Wildman–Crippen MR) is 44.3 cm³/mol. The maximum Gasteiger partial charge on any atom is 0.00773 e. The molecule has 54 valence electrons. The zero-order valence-electron chi connectivity index (χ0n) is 5.79.